The Hall–Kier alpha value is -1.84. The second-order valence-electron chi connectivity index (χ2n) is 7.56. The van der Waals surface area contributed by atoms with Crippen molar-refractivity contribution in [3.63, 3.8) is 0 Å². The number of nitrogens with zero attached hydrogens (tertiary/aromatic N) is 1. The van der Waals surface area contributed by atoms with Gasteiger partial charge in [-0.2, -0.15) is 0 Å². The number of methoxy groups -OCH3 is 1. The number of hydrogen-bond donors (Lipinski definition) is 1. The largest absolute Gasteiger partial charge is 0.497 e. The van der Waals surface area contributed by atoms with Crippen LogP contribution in [0.4, 0.5) is 0 Å². The maximum Gasteiger partial charge on any atom is 0.118 e. The summed E-state index contributed by atoms with van der Waals surface area (Å²) < 4.78 is 5.26. The number of hydrogen-bond acceptors (Lipinski definition) is 3. The lowest BCUT2D eigenvalue weighted by atomic mass is 9.72. The Balaban J connectivity index is 1.55. The maximum atomic E-state index is 11.4. The zero-order chi connectivity index (χ0) is 17.3. The molecule has 0 radical (unpaired) electrons. The summed E-state index contributed by atoms with van der Waals surface area (Å²) in [4.78, 5) is 2.64. The monoisotopic (exact) mass is 337 g/mol. The summed E-state index contributed by atoms with van der Waals surface area (Å²) in [6.07, 6.45) is 5.29. The summed E-state index contributed by atoms with van der Waals surface area (Å²) in [7, 11) is 1.68. The molecule has 0 aliphatic carbocycles. The summed E-state index contributed by atoms with van der Waals surface area (Å²) in [5.74, 6) is 0.842. The first-order chi connectivity index (χ1) is 12.2. The van der Waals surface area contributed by atoms with Crippen LogP contribution < -0.4 is 4.74 Å². The van der Waals surface area contributed by atoms with Crippen molar-refractivity contribution in [3.8, 4) is 5.75 Å². The normalized spacial score (nSPS) is 29.4. The predicted octanol–water partition coefficient (Wildman–Crippen LogP) is 4.10. The Morgan fingerprint density at radius 2 is 1.64 bits per heavy atom. The van der Waals surface area contributed by atoms with E-state index in [1.807, 2.05) is 24.3 Å². The first kappa shape index (κ1) is 16.6. The molecule has 0 saturated carbocycles. The van der Waals surface area contributed by atoms with Gasteiger partial charge in [0.15, 0.2) is 0 Å². The van der Waals surface area contributed by atoms with Crippen LogP contribution in [0.1, 0.15) is 43.2 Å². The van der Waals surface area contributed by atoms with Gasteiger partial charge in [0.2, 0.25) is 0 Å². The highest BCUT2D eigenvalue weighted by atomic mass is 16.5. The Kier molecular flexibility index (Phi) is 4.53. The zero-order valence-electron chi connectivity index (χ0n) is 14.9. The highest BCUT2D eigenvalue weighted by Gasteiger charge is 2.46. The van der Waals surface area contributed by atoms with Crippen molar-refractivity contribution in [2.75, 3.05) is 7.11 Å². The van der Waals surface area contributed by atoms with Crippen molar-refractivity contribution in [3.05, 3.63) is 65.7 Å². The molecule has 2 aromatic carbocycles. The molecule has 2 heterocycles. The molecule has 2 unspecified atom stereocenters. The Morgan fingerprint density at radius 3 is 2.24 bits per heavy atom. The molecule has 0 spiro atoms. The number of ether oxygens (including phenoxy) is 1. The minimum Gasteiger partial charge on any atom is -0.497 e. The van der Waals surface area contributed by atoms with Gasteiger partial charge in [0.1, 0.15) is 5.75 Å². The SMILES string of the molecule is COc1ccc(C2(O)CC3CCCC(C2)N3Cc2ccccc2)cc1. The lowest BCUT2D eigenvalue weighted by molar-refractivity contribution is -0.0999. The van der Waals surface area contributed by atoms with Crippen LogP contribution in [0.5, 0.6) is 5.75 Å². The van der Waals surface area contributed by atoms with E-state index in [-0.39, 0.29) is 0 Å². The Labute approximate surface area is 150 Å². The number of benzene rings is 2. The van der Waals surface area contributed by atoms with E-state index in [9.17, 15) is 5.11 Å². The molecule has 0 aromatic heterocycles. The first-order valence-corrected chi connectivity index (χ1v) is 9.34. The fourth-order valence-corrected chi connectivity index (χ4v) is 4.71. The predicted molar refractivity (Wildman–Crippen MR) is 99.5 cm³/mol. The zero-order valence-corrected chi connectivity index (χ0v) is 14.9. The number of piperidine rings is 2. The molecule has 2 fully saturated rings. The average Bonchev–Trinajstić information content (AvgIpc) is 2.64. The topological polar surface area (TPSA) is 32.7 Å². The fraction of sp³-hybridized carbons (Fsp3) is 0.455. The summed E-state index contributed by atoms with van der Waals surface area (Å²) >= 11 is 0. The first-order valence-electron chi connectivity index (χ1n) is 9.34. The number of rotatable bonds is 4. The van der Waals surface area contributed by atoms with E-state index in [1.165, 1.54) is 24.8 Å². The Morgan fingerprint density at radius 1 is 1.00 bits per heavy atom. The van der Waals surface area contributed by atoms with Crippen molar-refractivity contribution >= 4 is 0 Å². The van der Waals surface area contributed by atoms with Crippen molar-refractivity contribution < 1.29 is 9.84 Å². The molecule has 1 N–H and O–H groups in total. The van der Waals surface area contributed by atoms with Gasteiger partial charge >= 0.3 is 0 Å². The summed E-state index contributed by atoms with van der Waals surface area (Å²) in [6, 6.07) is 19.6. The molecule has 2 aliphatic heterocycles. The molecule has 4 rings (SSSR count). The van der Waals surface area contributed by atoms with Gasteiger partial charge in [-0.15, -0.1) is 0 Å². The summed E-state index contributed by atoms with van der Waals surface area (Å²) in [5, 5.41) is 11.4. The van der Waals surface area contributed by atoms with Gasteiger partial charge in [-0.3, -0.25) is 4.90 Å². The van der Waals surface area contributed by atoms with E-state index in [2.05, 4.69) is 35.2 Å². The van der Waals surface area contributed by atoms with Gasteiger partial charge < -0.3 is 9.84 Å². The van der Waals surface area contributed by atoms with E-state index in [0.717, 1.165) is 30.7 Å². The molecule has 0 amide bonds. The molecule has 2 bridgehead atoms. The molecule has 2 atom stereocenters. The van der Waals surface area contributed by atoms with E-state index in [0.29, 0.717) is 12.1 Å². The van der Waals surface area contributed by atoms with E-state index in [1.54, 1.807) is 7.11 Å². The smallest absolute Gasteiger partial charge is 0.118 e. The highest BCUT2D eigenvalue weighted by molar-refractivity contribution is 5.32. The molecule has 25 heavy (non-hydrogen) atoms. The minimum atomic E-state index is -0.713. The van der Waals surface area contributed by atoms with Crippen molar-refractivity contribution in [1.82, 2.24) is 4.90 Å². The molecule has 2 saturated heterocycles. The average molecular weight is 337 g/mol. The van der Waals surface area contributed by atoms with Gasteiger partial charge in [-0.05, 0) is 48.9 Å². The van der Waals surface area contributed by atoms with Gasteiger partial charge in [0, 0.05) is 18.6 Å². The molecular formula is C22H27NO2. The lowest BCUT2D eigenvalue weighted by Crippen LogP contribution is -2.56. The summed E-state index contributed by atoms with van der Waals surface area (Å²) in [6.45, 7) is 0.995. The van der Waals surface area contributed by atoms with Gasteiger partial charge in [0.25, 0.3) is 0 Å². The minimum absolute atomic E-state index is 0.458. The van der Waals surface area contributed by atoms with Crippen LogP contribution in [0.15, 0.2) is 54.6 Å². The third kappa shape index (κ3) is 3.31. The molecule has 3 nitrogen and oxygen atoms in total. The van der Waals surface area contributed by atoms with Crippen LogP contribution in [0.2, 0.25) is 0 Å². The maximum absolute atomic E-state index is 11.4. The van der Waals surface area contributed by atoms with Crippen LogP contribution >= 0.6 is 0 Å². The van der Waals surface area contributed by atoms with Gasteiger partial charge in [0.05, 0.1) is 12.7 Å². The lowest BCUT2D eigenvalue weighted by Gasteiger charge is -2.52. The second-order valence-corrected chi connectivity index (χ2v) is 7.56. The van der Waals surface area contributed by atoms with Crippen LogP contribution in [0.3, 0.4) is 0 Å². The summed E-state index contributed by atoms with van der Waals surface area (Å²) in [5.41, 5.74) is 1.69. The molecule has 3 heteroatoms. The van der Waals surface area contributed by atoms with E-state index >= 15 is 0 Å². The third-order valence-electron chi connectivity index (χ3n) is 5.99. The van der Waals surface area contributed by atoms with Crippen LogP contribution in [0, 0.1) is 0 Å². The van der Waals surface area contributed by atoms with Crippen LogP contribution in [0.25, 0.3) is 0 Å². The van der Waals surface area contributed by atoms with E-state index in [4.69, 9.17) is 4.74 Å². The Bertz CT molecular complexity index is 684. The van der Waals surface area contributed by atoms with Crippen molar-refractivity contribution in [1.29, 1.82) is 0 Å². The van der Waals surface area contributed by atoms with E-state index < -0.39 is 5.60 Å². The molecular weight excluding hydrogens is 310 g/mol. The molecule has 2 aromatic rings. The molecule has 2 aliphatic rings. The third-order valence-corrected chi connectivity index (χ3v) is 5.99. The quantitative estimate of drug-likeness (QED) is 0.912. The van der Waals surface area contributed by atoms with Crippen LogP contribution in [-0.2, 0) is 12.1 Å². The standard InChI is InChI=1S/C22H27NO2/c1-25-21-12-10-18(11-13-21)22(24)14-19-8-5-9-20(15-22)23(19)16-17-6-3-2-4-7-17/h2-4,6-7,10-13,19-20,24H,5,8-9,14-16H2,1H3. The molecule has 132 valence electrons. The van der Waals surface area contributed by atoms with Crippen molar-refractivity contribution in [2.45, 2.75) is 56.3 Å². The number of aliphatic hydroxyl groups is 1. The van der Waals surface area contributed by atoms with Crippen molar-refractivity contribution in [2.24, 2.45) is 0 Å². The second kappa shape index (κ2) is 6.81. The van der Waals surface area contributed by atoms with Gasteiger partial charge in [-0.25, -0.2) is 0 Å². The van der Waals surface area contributed by atoms with Gasteiger partial charge in [-0.1, -0.05) is 48.9 Å². The number of fused-ring (bicyclic) bond motifs is 2. The van der Waals surface area contributed by atoms with Crippen LogP contribution in [-0.4, -0.2) is 29.2 Å². The highest BCUT2D eigenvalue weighted by Crippen LogP contribution is 2.45. The fourth-order valence-electron chi connectivity index (χ4n) is 4.71.